The van der Waals surface area contributed by atoms with Crippen LogP contribution in [0.1, 0.15) is 33.7 Å². The predicted molar refractivity (Wildman–Crippen MR) is 171 cm³/mol. The minimum atomic E-state index is 0.287. The van der Waals surface area contributed by atoms with E-state index in [1.807, 2.05) is 0 Å². The van der Waals surface area contributed by atoms with Crippen molar-refractivity contribution in [3.63, 3.8) is 0 Å². The van der Waals surface area contributed by atoms with Crippen LogP contribution in [0.25, 0.3) is 61.4 Å². The zero-order valence-corrected chi connectivity index (χ0v) is 22.8. The Morgan fingerprint density at radius 2 is 1.22 bits per heavy atom. The van der Waals surface area contributed by atoms with Gasteiger partial charge in [0.25, 0.3) is 0 Å². The monoisotopic (exact) mass is 518 g/mol. The molecule has 4 aliphatic rings. The summed E-state index contributed by atoms with van der Waals surface area (Å²) in [5, 5.41) is 5.60. The summed E-state index contributed by atoms with van der Waals surface area (Å²) < 4.78 is 0. The molecule has 0 heterocycles. The van der Waals surface area contributed by atoms with E-state index in [1.165, 1.54) is 93.6 Å². The molecule has 0 radical (unpaired) electrons. The molecule has 2 atom stereocenters. The molecule has 0 aromatic heterocycles. The average Bonchev–Trinajstić information content (AvgIpc) is 3.53. The van der Waals surface area contributed by atoms with Crippen molar-refractivity contribution in [1.82, 2.24) is 0 Å². The van der Waals surface area contributed by atoms with Crippen molar-refractivity contribution in [2.75, 3.05) is 0 Å². The lowest BCUT2D eigenvalue weighted by molar-refractivity contribution is 0.733. The quantitative estimate of drug-likeness (QED) is 0.204. The van der Waals surface area contributed by atoms with Crippen LogP contribution < -0.4 is 10.4 Å². The molecule has 0 heteroatoms. The number of fused-ring (bicyclic) bond motifs is 10. The first-order chi connectivity index (χ1) is 20.3. The molecule has 0 saturated heterocycles. The van der Waals surface area contributed by atoms with Gasteiger partial charge in [0, 0.05) is 11.8 Å². The number of aryl methyl sites for hydroxylation is 1. The summed E-state index contributed by atoms with van der Waals surface area (Å²) in [5.74, 6) is 0.575. The van der Waals surface area contributed by atoms with Crippen LogP contribution in [-0.2, 0) is 0 Å². The fraction of sp³-hybridized carbons (Fsp3) is 0.0732. The molecular weight excluding hydrogens is 492 g/mol. The van der Waals surface area contributed by atoms with E-state index < -0.39 is 0 Å². The standard InChI is InChI=1S/C41H26/c1-23-17-18-31-35-21-36-32(24-9-3-2-4-10-24)20-38-33(37(36)22-34(35)30-16-8-14-26(23)40(30)31)19-25-11-7-15-28-27-12-5-6-13-29(27)41(38)39(25)28/h2-22,33,38H,1H3. The Hall–Kier alpha value is -4.94. The molecule has 0 fully saturated rings. The molecule has 0 aliphatic heterocycles. The van der Waals surface area contributed by atoms with Crippen LogP contribution in [0, 0.1) is 12.8 Å². The van der Waals surface area contributed by atoms with E-state index in [0.29, 0.717) is 0 Å². The summed E-state index contributed by atoms with van der Waals surface area (Å²) >= 11 is 0. The molecule has 0 bridgehead atoms. The van der Waals surface area contributed by atoms with Crippen LogP contribution in [0.15, 0.2) is 121 Å². The smallest absolute Gasteiger partial charge is 0.0144 e. The lowest BCUT2D eigenvalue weighted by Gasteiger charge is -2.35. The van der Waals surface area contributed by atoms with Gasteiger partial charge in [-0.05, 0) is 113 Å². The summed E-state index contributed by atoms with van der Waals surface area (Å²) in [7, 11) is 0. The molecule has 2 unspecified atom stereocenters. The van der Waals surface area contributed by atoms with Gasteiger partial charge < -0.3 is 0 Å². The van der Waals surface area contributed by atoms with Crippen LogP contribution in [0.3, 0.4) is 0 Å². The Kier molecular flexibility index (Phi) is 4.06. The molecule has 4 aliphatic carbocycles. The molecule has 0 nitrogen and oxygen atoms in total. The second-order valence-electron chi connectivity index (χ2n) is 12.0. The van der Waals surface area contributed by atoms with Gasteiger partial charge in [0.05, 0.1) is 0 Å². The highest BCUT2D eigenvalue weighted by atomic mass is 14.4. The normalized spacial score (nSPS) is 18.2. The SMILES string of the molecule is Cc1ccc2c3c(cccc13)-c1cc3c(cc1-2)C(c1ccccc1)=CC1C2=c4c(cccc4=CC31)-c1ccccc12. The number of rotatable bonds is 1. The van der Waals surface area contributed by atoms with Crippen LogP contribution in [0.4, 0.5) is 0 Å². The van der Waals surface area contributed by atoms with Gasteiger partial charge in [-0.15, -0.1) is 0 Å². The molecule has 0 N–H and O–H groups in total. The van der Waals surface area contributed by atoms with E-state index in [1.54, 1.807) is 0 Å². The van der Waals surface area contributed by atoms with Crippen LogP contribution in [0.5, 0.6) is 0 Å². The fourth-order valence-electron chi connectivity index (χ4n) is 8.33. The van der Waals surface area contributed by atoms with Crippen LogP contribution in [0.2, 0.25) is 0 Å². The summed E-state index contributed by atoms with van der Waals surface area (Å²) in [6, 6.07) is 43.5. The summed E-state index contributed by atoms with van der Waals surface area (Å²) in [4.78, 5) is 0. The first-order valence-electron chi connectivity index (χ1n) is 14.7. The van der Waals surface area contributed by atoms with Gasteiger partial charge in [0.15, 0.2) is 0 Å². The van der Waals surface area contributed by atoms with Gasteiger partial charge in [-0.25, -0.2) is 0 Å². The fourth-order valence-corrected chi connectivity index (χ4v) is 8.33. The van der Waals surface area contributed by atoms with Crippen molar-refractivity contribution < 1.29 is 0 Å². The lowest BCUT2D eigenvalue weighted by Crippen LogP contribution is -2.36. The lowest BCUT2D eigenvalue weighted by atomic mass is 9.68. The minimum Gasteiger partial charge on any atom is -0.0681 e. The van der Waals surface area contributed by atoms with Crippen molar-refractivity contribution in [2.45, 2.75) is 12.8 Å². The van der Waals surface area contributed by atoms with E-state index in [2.05, 4.69) is 134 Å². The topological polar surface area (TPSA) is 0 Å². The Morgan fingerprint density at radius 3 is 2.12 bits per heavy atom. The molecular formula is C41H26. The minimum absolute atomic E-state index is 0.287. The highest BCUT2D eigenvalue weighted by molar-refractivity contribution is 6.16. The van der Waals surface area contributed by atoms with Gasteiger partial charge in [0.2, 0.25) is 0 Å². The first kappa shape index (κ1) is 21.8. The molecule has 0 amide bonds. The Balaban J connectivity index is 1.31. The first-order valence-corrected chi connectivity index (χ1v) is 14.7. The molecule has 0 spiro atoms. The Bertz CT molecular complexity index is 2310. The van der Waals surface area contributed by atoms with Gasteiger partial charge in [-0.1, -0.05) is 115 Å². The molecule has 190 valence electrons. The van der Waals surface area contributed by atoms with Crippen LogP contribution in [-0.4, -0.2) is 0 Å². The van der Waals surface area contributed by atoms with Crippen LogP contribution >= 0.6 is 0 Å². The summed E-state index contributed by atoms with van der Waals surface area (Å²) in [5.41, 5.74) is 18.0. The van der Waals surface area contributed by atoms with Crippen molar-refractivity contribution >= 4 is 28.0 Å². The van der Waals surface area contributed by atoms with E-state index in [-0.39, 0.29) is 11.8 Å². The van der Waals surface area contributed by atoms with E-state index in [4.69, 9.17) is 0 Å². The van der Waals surface area contributed by atoms with Gasteiger partial charge in [0.1, 0.15) is 0 Å². The maximum Gasteiger partial charge on any atom is 0.0144 e. The highest BCUT2D eigenvalue weighted by Crippen LogP contribution is 2.55. The number of benzene rings is 6. The van der Waals surface area contributed by atoms with Crippen molar-refractivity contribution in [2.24, 2.45) is 5.92 Å². The van der Waals surface area contributed by atoms with Gasteiger partial charge in [-0.3, -0.25) is 0 Å². The molecule has 10 rings (SSSR count). The van der Waals surface area contributed by atoms with Gasteiger partial charge >= 0.3 is 0 Å². The summed E-state index contributed by atoms with van der Waals surface area (Å²) in [6.45, 7) is 2.23. The number of allylic oxidation sites excluding steroid dienone is 1. The van der Waals surface area contributed by atoms with Crippen molar-refractivity contribution in [3.8, 4) is 33.4 Å². The van der Waals surface area contributed by atoms with E-state index >= 15 is 0 Å². The van der Waals surface area contributed by atoms with E-state index in [9.17, 15) is 0 Å². The average molecular weight is 519 g/mol. The molecule has 0 saturated carbocycles. The predicted octanol–water partition coefficient (Wildman–Crippen LogP) is 8.61. The van der Waals surface area contributed by atoms with Crippen molar-refractivity contribution in [3.05, 3.63) is 160 Å². The Labute approximate surface area is 239 Å². The van der Waals surface area contributed by atoms with E-state index in [0.717, 1.165) is 0 Å². The second-order valence-corrected chi connectivity index (χ2v) is 12.0. The third-order valence-corrected chi connectivity index (χ3v) is 10.1. The third kappa shape index (κ3) is 2.70. The zero-order valence-electron chi connectivity index (χ0n) is 22.8. The van der Waals surface area contributed by atoms with Gasteiger partial charge in [-0.2, -0.15) is 0 Å². The number of hydrogen-bond donors (Lipinski definition) is 0. The summed E-state index contributed by atoms with van der Waals surface area (Å²) in [6.07, 6.45) is 5.16. The second kappa shape index (κ2) is 7.62. The zero-order chi connectivity index (χ0) is 26.8. The molecule has 6 aromatic carbocycles. The third-order valence-electron chi connectivity index (χ3n) is 10.1. The maximum atomic E-state index is 2.59. The molecule has 6 aromatic rings. The Morgan fingerprint density at radius 1 is 0.488 bits per heavy atom. The highest BCUT2D eigenvalue weighted by Gasteiger charge is 2.38. The van der Waals surface area contributed by atoms with Crippen molar-refractivity contribution in [1.29, 1.82) is 0 Å². The maximum absolute atomic E-state index is 2.59. The molecule has 41 heavy (non-hydrogen) atoms. The largest absolute Gasteiger partial charge is 0.0681 e. The number of hydrogen-bond acceptors (Lipinski definition) is 0.